The normalized spacial score (nSPS) is 21.5. The zero-order valence-electron chi connectivity index (χ0n) is 21.7. The van der Waals surface area contributed by atoms with Crippen LogP contribution >= 0.6 is 0 Å². The second-order valence-corrected chi connectivity index (χ2v) is 12.8. The van der Waals surface area contributed by atoms with E-state index in [-0.39, 0.29) is 40.4 Å². The molecule has 0 aliphatic carbocycles. The van der Waals surface area contributed by atoms with Crippen LogP contribution in [0, 0.1) is 0 Å². The van der Waals surface area contributed by atoms with Crippen LogP contribution in [0.25, 0.3) is 16.8 Å². The lowest BCUT2D eigenvalue weighted by molar-refractivity contribution is 0.0556. The van der Waals surface area contributed by atoms with Crippen LogP contribution in [0.15, 0.2) is 35.7 Å². The summed E-state index contributed by atoms with van der Waals surface area (Å²) in [7, 11) is -3.75. The predicted molar refractivity (Wildman–Crippen MR) is 140 cm³/mol. The van der Waals surface area contributed by atoms with E-state index >= 15 is 0 Å². The van der Waals surface area contributed by atoms with Crippen molar-refractivity contribution in [2.75, 3.05) is 12.0 Å². The highest BCUT2D eigenvalue weighted by molar-refractivity contribution is 7.91. The maximum absolute atomic E-state index is 13.1. The maximum atomic E-state index is 13.1. The summed E-state index contributed by atoms with van der Waals surface area (Å²) in [6, 6.07) is 3.38. The van der Waals surface area contributed by atoms with Gasteiger partial charge in [-0.05, 0) is 45.6 Å². The van der Waals surface area contributed by atoms with E-state index in [1.165, 1.54) is 10.8 Å². The number of anilines is 1. The van der Waals surface area contributed by atoms with E-state index in [2.05, 4.69) is 25.3 Å². The molecule has 2 aliphatic heterocycles. The number of hydrogen-bond donors (Lipinski definition) is 3. The van der Waals surface area contributed by atoms with Gasteiger partial charge >= 0.3 is 0 Å². The van der Waals surface area contributed by atoms with Gasteiger partial charge in [-0.1, -0.05) is 6.07 Å². The van der Waals surface area contributed by atoms with Crippen LogP contribution in [0.2, 0.25) is 0 Å². The van der Waals surface area contributed by atoms with Crippen LogP contribution in [0.1, 0.15) is 67.5 Å². The molecule has 0 aromatic carbocycles. The number of hydrogen-bond acceptors (Lipinski definition) is 10. The zero-order valence-corrected chi connectivity index (χ0v) is 22.6. The third-order valence-corrected chi connectivity index (χ3v) is 8.87. The number of H-pyrrole nitrogens is 1. The number of nitrogens with one attached hydrogen (secondary N) is 1. The number of pyridine rings is 1. The van der Waals surface area contributed by atoms with Gasteiger partial charge in [0, 0.05) is 41.6 Å². The fourth-order valence-electron chi connectivity index (χ4n) is 5.96. The molecule has 14 heteroatoms. The number of nitrogens with two attached hydrogens (primary N) is 1. The van der Waals surface area contributed by atoms with Crippen LogP contribution < -0.4 is 5.73 Å². The molecule has 6 rings (SSSR count). The van der Waals surface area contributed by atoms with Crippen molar-refractivity contribution in [1.82, 2.24) is 39.7 Å². The lowest BCUT2D eigenvalue weighted by Gasteiger charge is -2.38. The Balaban J connectivity index is 1.42. The fraction of sp³-hybridized carbons (Fsp3) is 0.440. The van der Waals surface area contributed by atoms with Gasteiger partial charge in [0.05, 0.1) is 17.6 Å². The summed E-state index contributed by atoms with van der Waals surface area (Å²) in [5.41, 5.74) is 8.03. The number of aromatic nitrogens is 7. The number of carbonyl (C=O) groups is 1. The molecule has 2 fully saturated rings. The molecule has 4 aromatic rings. The average molecular weight is 552 g/mol. The first-order valence-corrected chi connectivity index (χ1v) is 14.6. The molecule has 39 heavy (non-hydrogen) atoms. The van der Waals surface area contributed by atoms with E-state index in [0.29, 0.717) is 41.0 Å². The fourth-order valence-corrected chi connectivity index (χ4v) is 7.01. The van der Waals surface area contributed by atoms with Gasteiger partial charge in [0.15, 0.2) is 15.5 Å². The summed E-state index contributed by atoms with van der Waals surface area (Å²) in [6.45, 7) is 3.31. The number of aliphatic hydroxyl groups is 1. The van der Waals surface area contributed by atoms with Gasteiger partial charge in [-0.2, -0.15) is 14.7 Å². The van der Waals surface area contributed by atoms with Crippen molar-refractivity contribution >= 4 is 27.2 Å². The van der Waals surface area contributed by atoms with Gasteiger partial charge in [0.2, 0.25) is 5.82 Å². The van der Waals surface area contributed by atoms with Crippen LogP contribution in [0.3, 0.4) is 0 Å². The summed E-state index contributed by atoms with van der Waals surface area (Å²) in [5, 5.41) is 21.1. The Kier molecular flexibility index (Phi) is 5.73. The van der Waals surface area contributed by atoms with E-state index in [1.807, 2.05) is 11.0 Å². The molecule has 204 valence electrons. The number of piperidine rings is 1. The zero-order chi connectivity index (χ0) is 27.7. The minimum atomic E-state index is -3.75. The van der Waals surface area contributed by atoms with Crippen molar-refractivity contribution in [1.29, 1.82) is 0 Å². The average Bonchev–Trinajstić information content (AvgIpc) is 3.61. The van der Waals surface area contributed by atoms with Gasteiger partial charge < -0.3 is 15.7 Å². The molecule has 4 N–H and O–H groups in total. The van der Waals surface area contributed by atoms with Gasteiger partial charge in [0.1, 0.15) is 22.6 Å². The highest BCUT2D eigenvalue weighted by Crippen LogP contribution is 2.45. The molecule has 1 unspecified atom stereocenters. The summed E-state index contributed by atoms with van der Waals surface area (Å²) < 4.78 is 27.3. The number of nitrogen functional groups attached to an aromatic ring is 1. The molecule has 2 saturated heterocycles. The monoisotopic (exact) mass is 551 g/mol. The molecule has 3 atom stereocenters. The lowest BCUT2D eigenvalue weighted by atomic mass is 9.87. The van der Waals surface area contributed by atoms with Crippen LogP contribution in [-0.4, -0.2) is 77.4 Å². The number of fused-ring (bicyclic) bond motifs is 3. The third-order valence-electron chi connectivity index (χ3n) is 7.71. The second-order valence-electron chi connectivity index (χ2n) is 10.9. The molecule has 13 nitrogen and oxygen atoms in total. The first kappa shape index (κ1) is 25.4. The minimum Gasteiger partial charge on any atom is -0.384 e. The quantitative estimate of drug-likeness (QED) is 0.329. The summed E-state index contributed by atoms with van der Waals surface area (Å²) in [4.78, 5) is 28.2. The first-order valence-electron chi connectivity index (χ1n) is 12.7. The van der Waals surface area contributed by atoms with Crippen molar-refractivity contribution in [3.05, 3.63) is 48.1 Å². The number of amides is 1. The number of nitrogens with zero attached hydrogens (tertiary/aromatic N) is 7. The topological polar surface area (TPSA) is 185 Å². The van der Waals surface area contributed by atoms with E-state index in [1.54, 1.807) is 32.3 Å². The van der Waals surface area contributed by atoms with Gasteiger partial charge in [0.25, 0.3) is 5.91 Å². The van der Waals surface area contributed by atoms with E-state index < -0.39 is 15.4 Å². The van der Waals surface area contributed by atoms with Gasteiger partial charge in [-0.3, -0.25) is 14.9 Å². The Morgan fingerprint density at radius 3 is 2.44 bits per heavy atom. The van der Waals surface area contributed by atoms with Crippen molar-refractivity contribution in [3.63, 3.8) is 0 Å². The second kappa shape index (κ2) is 8.81. The molecule has 0 saturated carbocycles. The van der Waals surface area contributed by atoms with Gasteiger partial charge in [-0.25, -0.2) is 18.4 Å². The lowest BCUT2D eigenvalue weighted by Crippen LogP contribution is -2.46. The Bertz CT molecular complexity index is 1660. The molecule has 0 spiro atoms. The largest absolute Gasteiger partial charge is 0.384 e. The van der Waals surface area contributed by atoms with E-state index in [9.17, 15) is 18.3 Å². The highest BCUT2D eigenvalue weighted by Gasteiger charge is 2.46. The van der Waals surface area contributed by atoms with E-state index in [4.69, 9.17) is 10.7 Å². The molecule has 6 heterocycles. The standard InChI is InChI=1S/C25H29N9O4S/c1-25(2,36)18-7-4-13(10-27-18)17-11-30-34-21(26)20(39(3,37)38)19(31-23(17)34)14-8-15-5-6-16(9-14)33(15)24(35)22-28-12-29-32-22/h4,7,10-12,14-16,36H,5-6,8-9,26H2,1-3H3,(H,28,29,32)/t14?,15-,16+. The summed E-state index contributed by atoms with van der Waals surface area (Å²) in [6.07, 6.45) is 8.35. The molecule has 1 amide bonds. The molecular weight excluding hydrogens is 522 g/mol. The Morgan fingerprint density at radius 2 is 1.87 bits per heavy atom. The maximum Gasteiger partial charge on any atom is 0.291 e. The van der Waals surface area contributed by atoms with Gasteiger partial charge in [-0.15, -0.1) is 0 Å². The number of aromatic amines is 1. The van der Waals surface area contributed by atoms with Crippen LogP contribution in [0.4, 0.5) is 5.82 Å². The van der Waals surface area contributed by atoms with Crippen molar-refractivity contribution in [3.8, 4) is 11.1 Å². The van der Waals surface area contributed by atoms with Crippen LogP contribution in [0.5, 0.6) is 0 Å². The predicted octanol–water partition coefficient (Wildman–Crippen LogP) is 1.67. The molecule has 2 aliphatic rings. The summed E-state index contributed by atoms with van der Waals surface area (Å²) in [5.74, 6) is -0.238. The van der Waals surface area contributed by atoms with Crippen molar-refractivity contribution in [2.24, 2.45) is 0 Å². The minimum absolute atomic E-state index is 0.00247. The Morgan fingerprint density at radius 1 is 1.15 bits per heavy atom. The smallest absolute Gasteiger partial charge is 0.291 e. The summed E-state index contributed by atoms with van der Waals surface area (Å²) >= 11 is 0. The van der Waals surface area contributed by atoms with Crippen molar-refractivity contribution in [2.45, 2.75) is 68.0 Å². The highest BCUT2D eigenvalue weighted by atomic mass is 32.2. The number of sulfone groups is 1. The number of rotatable bonds is 5. The SMILES string of the molecule is CC(C)(O)c1ccc(-c2cnn3c(N)c(S(C)(=O)=O)c(C4C[C@H]5CC[C@@H](C4)N5C(=O)c4ncn[nH]4)nc23)cn1. The van der Waals surface area contributed by atoms with Crippen LogP contribution in [-0.2, 0) is 15.4 Å². The molecule has 4 aromatic heterocycles. The number of carbonyl (C=O) groups excluding carboxylic acids is 1. The first-order chi connectivity index (χ1) is 18.4. The van der Waals surface area contributed by atoms with E-state index in [0.717, 1.165) is 19.1 Å². The van der Waals surface area contributed by atoms with Crippen molar-refractivity contribution < 1.29 is 18.3 Å². The Hall–Kier alpha value is -3.91. The molecular formula is C25H29N9O4S. The third kappa shape index (κ3) is 4.23. The molecule has 2 bridgehead atoms. The molecule has 0 radical (unpaired) electrons. The Labute approximate surface area is 224 Å².